The number of aromatic amines is 1. The number of aliphatic hydroxyl groups excluding tert-OH is 1. The van der Waals surface area contributed by atoms with Crippen molar-refractivity contribution in [1.82, 2.24) is 20.6 Å². The van der Waals surface area contributed by atoms with Gasteiger partial charge in [0.1, 0.15) is 12.3 Å². The minimum absolute atomic E-state index is 0.0608. The van der Waals surface area contributed by atoms with Gasteiger partial charge in [-0.05, 0) is 18.6 Å². The summed E-state index contributed by atoms with van der Waals surface area (Å²) in [6, 6.07) is -0.931. The van der Waals surface area contributed by atoms with Gasteiger partial charge >= 0.3 is 6.18 Å². The Bertz CT molecular complexity index is 1030. The zero-order valence-corrected chi connectivity index (χ0v) is 16.4. The second kappa shape index (κ2) is 8.87. The first-order valence-electron chi connectivity index (χ1n) is 9.52. The number of fused-ring (bicyclic) bond motifs is 1. The van der Waals surface area contributed by atoms with E-state index in [0.717, 1.165) is 6.20 Å². The number of amides is 1. The summed E-state index contributed by atoms with van der Waals surface area (Å²) in [5.74, 6) is -0.805. The Morgan fingerprint density at radius 1 is 1.39 bits per heavy atom. The van der Waals surface area contributed by atoms with Crippen LogP contribution in [0.25, 0.3) is 10.9 Å². The number of hydrogen-bond donors (Lipinski definition) is 4. The smallest absolute Gasteiger partial charge is 0.394 e. The Kier molecular flexibility index (Phi) is 6.60. The van der Waals surface area contributed by atoms with Gasteiger partial charge in [0.05, 0.1) is 30.6 Å². The Balaban J connectivity index is 1.87. The largest absolute Gasteiger partial charge is 0.434 e. The summed E-state index contributed by atoms with van der Waals surface area (Å²) < 4.78 is 67.5. The molecule has 0 spiro atoms. The van der Waals surface area contributed by atoms with Crippen LogP contribution in [0.3, 0.4) is 0 Å². The number of pyridine rings is 2. The Labute approximate surface area is 173 Å². The summed E-state index contributed by atoms with van der Waals surface area (Å²) in [6.45, 7) is 0.479. The maximum atomic E-state index is 14.1. The monoisotopic (exact) mass is 448 g/mol. The maximum absolute atomic E-state index is 14.1. The highest BCUT2D eigenvalue weighted by atomic mass is 19.4. The first-order chi connectivity index (χ1) is 14.5. The molecule has 0 saturated carbocycles. The third kappa shape index (κ3) is 4.85. The molecule has 3 heterocycles. The van der Waals surface area contributed by atoms with Crippen LogP contribution in [0.1, 0.15) is 23.2 Å². The molecule has 1 aliphatic rings. The van der Waals surface area contributed by atoms with Crippen LogP contribution in [0.2, 0.25) is 0 Å². The molecule has 31 heavy (non-hydrogen) atoms. The van der Waals surface area contributed by atoms with E-state index in [1.54, 1.807) is 0 Å². The maximum Gasteiger partial charge on any atom is 0.434 e. The van der Waals surface area contributed by atoms with E-state index in [4.69, 9.17) is 0 Å². The van der Waals surface area contributed by atoms with Crippen molar-refractivity contribution in [1.29, 1.82) is 0 Å². The lowest BCUT2D eigenvalue weighted by Gasteiger charge is -2.34. The predicted octanol–water partition coefficient (Wildman–Crippen LogP) is 1.31. The summed E-state index contributed by atoms with van der Waals surface area (Å²) in [5, 5.41) is 14.2. The number of aliphatic hydroxyl groups is 1. The molecule has 1 amide bonds. The number of aromatic nitrogens is 2. The molecule has 1 fully saturated rings. The van der Waals surface area contributed by atoms with E-state index in [1.807, 2.05) is 0 Å². The molecule has 0 radical (unpaired) electrons. The van der Waals surface area contributed by atoms with Gasteiger partial charge in [0.25, 0.3) is 5.56 Å². The van der Waals surface area contributed by atoms with Gasteiger partial charge in [0.2, 0.25) is 5.91 Å². The van der Waals surface area contributed by atoms with E-state index in [9.17, 15) is 36.6 Å². The van der Waals surface area contributed by atoms with Gasteiger partial charge in [-0.25, -0.2) is 8.78 Å². The second-order valence-corrected chi connectivity index (χ2v) is 7.45. The van der Waals surface area contributed by atoms with Gasteiger partial charge in [-0.15, -0.1) is 0 Å². The van der Waals surface area contributed by atoms with E-state index in [2.05, 4.69) is 20.6 Å². The molecule has 3 rings (SSSR count). The molecule has 7 nitrogen and oxygen atoms in total. The highest BCUT2D eigenvalue weighted by Gasteiger charge is 2.37. The predicted molar refractivity (Wildman–Crippen MR) is 101 cm³/mol. The number of halogens is 5. The number of hydrogen-bond acceptors (Lipinski definition) is 5. The first-order valence-corrected chi connectivity index (χ1v) is 9.52. The Morgan fingerprint density at radius 2 is 2.10 bits per heavy atom. The number of nitrogens with zero attached hydrogens (tertiary/aromatic N) is 1. The third-order valence-electron chi connectivity index (χ3n) is 5.33. The van der Waals surface area contributed by atoms with Crippen LogP contribution in [-0.4, -0.2) is 58.6 Å². The molecule has 0 aliphatic carbocycles. The molecule has 1 aliphatic heterocycles. The van der Waals surface area contributed by atoms with Crippen molar-refractivity contribution in [3.8, 4) is 0 Å². The highest BCUT2D eigenvalue weighted by molar-refractivity contribution is 5.87. The SMILES string of the molecule is Cc1c(CC(=O)N[C@@H](CO)C2NCC(F)CC2F)c(=O)[nH]c2ccnc(C(F)(F)F)c12. The molecule has 170 valence electrons. The molecular formula is C19H21F5N4O3. The zero-order chi connectivity index (χ0) is 22.9. The lowest BCUT2D eigenvalue weighted by Crippen LogP contribution is -2.60. The topological polar surface area (TPSA) is 107 Å². The average Bonchev–Trinajstić information content (AvgIpc) is 2.68. The molecule has 3 unspecified atom stereocenters. The standard InChI is InChI=1S/C19H21F5N4O3/c1-8-10(18(31)28-12-2-3-25-17(15(8)12)19(22,23)24)5-14(30)27-13(7-29)16-11(21)4-9(20)6-26-16/h2-3,9,11,13,16,26,29H,4-7H2,1H3,(H,27,30)(H,28,31)/t9?,11?,13-,16?/m0/s1. The molecule has 0 aromatic carbocycles. The summed E-state index contributed by atoms with van der Waals surface area (Å²) in [5.41, 5.74) is -2.29. The number of piperidine rings is 1. The zero-order valence-electron chi connectivity index (χ0n) is 16.4. The van der Waals surface area contributed by atoms with Crippen molar-refractivity contribution in [3.63, 3.8) is 0 Å². The van der Waals surface area contributed by atoms with E-state index < -0.39 is 60.8 Å². The molecular weight excluding hydrogens is 427 g/mol. The van der Waals surface area contributed by atoms with Crippen LogP contribution in [0, 0.1) is 6.92 Å². The van der Waals surface area contributed by atoms with Gasteiger partial charge in [0, 0.05) is 30.1 Å². The lowest BCUT2D eigenvalue weighted by atomic mass is 9.95. The molecule has 2 aromatic rings. The van der Waals surface area contributed by atoms with Crippen molar-refractivity contribution >= 4 is 16.8 Å². The molecule has 0 bridgehead atoms. The van der Waals surface area contributed by atoms with E-state index in [0.29, 0.717) is 0 Å². The van der Waals surface area contributed by atoms with Crippen LogP contribution >= 0.6 is 0 Å². The fraction of sp³-hybridized carbons (Fsp3) is 0.526. The van der Waals surface area contributed by atoms with E-state index in [1.165, 1.54) is 13.0 Å². The highest BCUT2D eigenvalue weighted by Crippen LogP contribution is 2.34. The number of alkyl halides is 5. The minimum Gasteiger partial charge on any atom is -0.394 e. The van der Waals surface area contributed by atoms with Crippen LogP contribution < -0.4 is 16.2 Å². The van der Waals surface area contributed by atoms with Gasteiger partial charge in [-0.3, -0.25) is 14.6 Å². The third-order valence-corrected chi connectivity index (χ3v) is 5.33. The summed E-state index contributed by atoms with van der Waals surface area (Å²) in [4.78, 5) is 30.6. The molecule has 2 aromatic heterocycles. The second-order valence-electron chi connectivity index (χ2n) is 7.45. The molecule has 12 heteroatoms. The van der Waals surface area contributed by atoms with Crippen LogP contribution in [0.15, 0.2) is 17.1 Å². The molecule has 1 saturated heterocycles. The summed E-state index contributed by atoms with van der Waals surface area (Å²) in [7, 11) is 0. The Hall–Kier alpha value is -2.60. The minimum atomic E-state index is -4.78. The number of nitrogens with one attached hydrogen (secondary N) is 3. The van der Waals surface area contributed by atoms with Crippen molar-refractivity contribution in [2.45, 2.75) is 50.4 Å². The fourth-order valence-electron chi connectivity index (χ4n) is 3.82. The van der Waals surface area contributed by atoms with Crippen molar-refractivity contribution in [2.24, 2.45) is 0 Å². The van der Waals surface area contributed by atoms with Crippen LogP contribution in [0.4, 0.5) is 22.0 Å². The van der Waals surface area contributed by atoms with Gasteiger partial charge in [-0.2, -0.15) is 13.2 Å². The van der Waals surface area contributed by atoms with Crippen LogP contribution in [0.5, 0.6) is 0 Å². The Morgan fingerprint density at radius 3 is 2.71 bits per heavy atom. The normalized spacial score (nSPS) is 23.0. The number of rotatable bonds is 5. The molecule has 4 atom stereocenters. The van der Waals surface area contributed by atoms with Gasteiger partial charge < -0.3 is 20.7 Å². The summed E-state index contributed by atoms with van der Waals surface area (Å²) in [6.07, 6.45) is -7.90. The van der Waals surface area contributed by atoms with Crippen molar-refractivity contribution in [2.75, 3.05) is 13.2 Å². The quantitative estimate of drug-likeness (QED) is 0.516. The number of carbonyl (C=O) groups excluding carboxylic acids is 1. The average molecular weight is 448 g/mol. The number of carbonyl (C=O) groups is 1. The fourth-order valence-corrected chi connectivity index (χ4v) is 3.82. The van der Waals surface area contributed by atoms with Crippen molar-refractivity contribution < 1.29 is 31.9 Å². The van der Waals surface area contributed by atoms with Gasteiger partial charge in [-0.1, -0.05) is 0 Å². The number of aryl methyl sites for hydroxylation is 1. The first kappa shape index (κ1) is 23.1. The van der Waals surface area contributed by atoms with Gasteiger partial charge in [0.15, 0.2) is 5.69 Å². The molecule has 4 N–H and O–H groups in total. The lowest BCUT2D eigenvalue weighted by molar-refractivity contribution is -0.139. The number of H-pyrrole nitrogens is 1. The van der Waals surface area contributed by atoms with E-state index in [-0.39, 0.29) is 35.0 Å². The van der Waals surface area contributed by atoms with Crippen molar-refractivity contribution in [3.05, 3.63) is 39.4 Å². The van der Waals surface area contributed by atoms with E-state index >= 15 is 0 Å². The summed E-state index contributed by atoms with van der Waals surface area (Å²) >= 11 is 0. The van der Waals surface area contributed by atoms with Crippen LogP contribution in [-0.2, 0) is 17.4 Å².